The fourth-order valence-electron chi connectivity index (χ4n) is 7.10. The zero-order valence-corrected chi connectivity index (χ0v) is 26.7. The van der Waals surface area contributed by atoms with E-state index < -0.39 is 6.04 Å². The molecule has 11 heteroatoms. The third-order valence-electron chi connectivity index (χ3n) is 9.67. The van der Waals surface area contributed by atoms with Gasteiger partial charge >= 0.3 is 12.1 Å². The Morgan fingerprint density at radius 2 is 1.60 bits per heavy atom. The van der Waals surface area contributed by atoms with Crippen molar-refractivity contribution in [1.29, 1.82) is 0 Å². The zero-order chi connectivity index (χ0) is 31.3. The monoisotopic (exact) mass is 620 g/mol. The predicted octanol–water partition coefficient (Wildman–Crippen LogP) is 3.39. The number of hydrogen-bond donors (Lipinski definition) is 3. The van der Waals surface area contributed by atoms with Crippen LogP contribution in [0.3, 0.4) is 0 Å². The molecule has 0 bridgehead atoms. The molecule has 0 aromatic heterocycles. The van der Waals surface area contributed by atoms with Crippen molar-refractivity contribution in [2.24, 2.45) is 5.10 Å². The number of hydrogen-bond acceptors (Lipinski definition) is 6. The van der Waals surface area contributed by atoms with Gasteiger partial charge in [0.1, 0.15) is 6.04 Å². The van der Waals surface area contributed by atoms with Crippen LogP contribution in [-0.4, -0.2) is 121 Å². The van der Waals surface area contributed by atoms with Crippen molar-refractivity contribution in [3.63, 3.8) is 0 Å². The van der Waals surface area contributed by atoms with Gasteiger partial charge in [0.25, 0.3) is 0 Å². The summed E-state index contributed by atoms with van der Waals surface area (Å²) >= 11 is 0. The van der Waals surface area contributed by atoms with Gasteiger partial charge in [-0.1, -0.05) is 49.0 Å². The second kappa shape index (κ2) is 17.2. The number of carbonyl (C=O) groups excluding carboxylic acids is 3. The maximum atomic E-state index is 14.0. The molecule has 0 radical (unpaired) electrons. The molecular formula is C34H52N8O3. The average molecular weight is 621 g/mol. The van der Waals surface area contributed by atoms with E-state index >= 15 is 0 Å². The molecule has 0 unspecified atom stereocenters. The molecular weight excluding hydrogens is 568 g/mol. The van der Waals surface area contributed by atoms with E-state index in [-0.39, 0.29) is 24.0 Å². The normalized spacial score (nSPS) is 25.8. The number of allylic oxidation sites excluding steroid dienone is 4. The van der Waals surface area contributed by atoms with E-state index in [1.807, 2.05) is 51.3 Å². The smallest absolute Gasteiger partial charge is 0.318 e. The second-order valence-corrected chi connectivity index (χ2v) is 12.7. The van der Waals surface area contributed by atoms with Crippen LogP contribution in [-0.2, 0) is 4.79 Å². The fraction of sp³-hybridized carbons (Fsp3) is 0.647. The summed E-state index contributed by atoms with van der Waals surface area (Å²) in [5.74, 6) is 0.00249. The van der Waals surface area contributed by atoms with E-state index in [2.05, 4.69) is 38.2 Å². The number of likely N-dealkylation sites (tertiary alicyclic amines) is 3. The number of nitrogens with one attached hydrogen (secondary N) is 3. The molecule has 0 aromatic carbocycles. The van der Waals surface area contributed by atoms with Gasteiger partial charge in [-0.25, -0.2) is 9.59 Å². The van der Waals surface area contributed by atoms with Crippen LogP contribution in [0.15, 0.2) is 53.2 Å². The molecule has 11 nitrogen and oxygen atoms in total. The third kappa shape index (κ3) is 9.69. The summed E-state index contributed by atoms with van der Waals surface area (Å²) in [6.07, 6.45) is 25.1. The van der Waals surface area contributed by atoms with Crippen molar-refractivity contribution in [3.8, 4) is 0 Å². The maximum Gasteiger partial charge on any atom is 0.318 e. The summed E-state index contributed by atoms with van der Waals surface area (Å²) in [7, 11) is 0. The molecule has 5 aliphatic heterocycles. The van der Waals surface area contributed by atoms with Crippen LogP contribution in [0.5, 0.6) is 0 Å². The van der Waals surface area contributed by atoms with Crippen LogP contribution < -0.4 is 16.1 Å². The van der Waals surface area contributed by atoms with Crippen molar-refractivity contribution in [2.75, 3.05) is 58.9 Å². The van der Waals surface area contributed by atoms with Gasteiger partial charge < -0.3 is 35.7 Å². The topological polar surface area (TPSA) is 113 Å². The Labute approximate surface area is 268 Å². The highest BCUT2D eigenvalue weighted by Crippen LogP contribution is 2.23. The molecule has 1 atom stereocenters. The minimum atomic E-state index is -0.643. The van der Waals surface area contributed by atoms with Gasteiger partial charge in [-0.05, 0) is 63.6 Å². The van der Waals surface area contributed by atoms with Crippen LogP contribution >= 0.6 is 0 Å². The molecule has 3 N–H and O–H groups in total. The van der Waals surface area contributed by atoms with Crippen LogP contribution in [0, 0.1) is 0 Å². The molecule has 45 heavy (non-hydrogen) atoms. The molecule has 5 aliphatic rings. The summed E-state index contributed by atoms with van der Waals surface area (Å²) in [5.41, 5.74) is 4.00. The molecule has 0 saturated carbocycles. The quantitative estimate of drug-likeness (QED) is 0.422. The number of carbonyl (C=O) groups is 3. The number of rotatable bonds is 6. The average Bonchev–Trinajstić information content (AvgIpc) is 3.21. The largest absolute Gasteiger partial charge is 0.341 e. The first-order valence-electron chi connectivity index (χ1n) is 17.1. The molecule has 3 fully saturated rings. The minimum absolute atomic E-state index is 0.00249. The van der Waals surface area contributed by atoms with Gasteiger partial charge in [-0.3, -0.25) is 4.79 Å². The first-order chi connectivity index (χ1) is 22.1. The lowest BCUT2D eigenvalue weighted by Gasteiger charge is -2.41. The summed E-state index contributed by atoms with van der Waals surface area (Å²) in [4.78, 5) is 48.9. The first kappa shape index (κ1) is 32.8. The van der Waals surface area contributed by atoms with E-state index in [1.165, 1.54) is 32.4 Å². The van der Waals surface area contributed by atoms with Gasteiger partial charge in [-0.15, -0.1) is 0 Å². The molecule has 5 rings (SSSR count). The van der Waals surface area contributed by atoms with Gasteiger partial charge in [0.05, 0.1) is 6.54 Å². The van der Waals surface area contributed by atoms with Crippen LogP contribution in [0.4, 0.5) is 9.59 Å². The van der Waals surface area contributed by atoms with Crippen molar-refractivity contribution in [2.45, 2.75) is 82.3 Å². The van der Waals surface area contributed by atoms with Gasteiger partial charge in [0.2, 0.25) is 5.91 Å². The molecule has 246 valence electrons. The van der Waals surface area contributed by atoms with Gasteiger partial charge in [0, 0.05) is 70.4 Å². The van der Waals surface area contributed by atoms with E-state index in [9.17, 15) is 14.4 Å². The Kier molecular flexibility index (Phi) is 12.5. The van der Waals surface area contributed by atoms with Crippen molar-refractivity contribution in [1.82, 2.24) is 35.7 Å². The summed E-state index contributed by atoms with van der Waals surface area (Å²) in [6.45, 7) is 6.65. The number of nitrogens with zero attached hydrogens (tertiary/aromatic N) is 5. The SMILES string of the molecule is O=C(N[C@H](CC1=CC/C=N\NCC=C1)C(=O)N1CCC(N2CCCCC2)CC1)N1CCC(N2CC/C=C\C=C/CNC2=O)CC1. The van der Waals surface area contributed by atoms with Gasteiger partial charge in [0.15, 0.2) is 0 Å². The van der Waals surface area contributed by atoms with Crippen LogP contribution in [0.25, 0.3) is 0 Å². The van der Waals surface area contributed by atoms with Crippen molar-refractivity contribution in [3.05, 3.63) is 48.1 Å². The Balaban J connectivity index is 1.20. The third-order valence-corrected chi connectivity index (χ3v) is 9.67. The highest BCUT2D eigenvalue weighted by molar-refractivity contribution is 5.87. The van der Waals surface area contributed by atoms with E-state index in [0.717, 1.165) is 37.9 Å². The van der Waals surface area contributed by atoms with Crippen LogP contribution in [0.1, 0.15) is 64.2 Å². The zero-order valence-electron chi connectivity index (χ0n) is 26.7. The van der Waals surface area contributed by atoms with Crippen molar-refractivity contribution < 1.29 is 14.4 Å². The lowest BCUT2D eigenvalue weighted by Crippen LogP contribution is -2.57. The number of urea groups is 2. The van der Waals surface area contributed by atoms with Gasteiger partial charge in [-0.2, -0.15) is 5.10 Å². The molecule has 5 heterocycles. The molecule has 0 aromatic rings. The fourth-order valence-corrected chi connectivity index (χ4v) is 7.10. The number of amides is 5. The maximum absolute atomic E-state index is 14.0. The Morgan fingerprint density at radius 1 is 0.867 bits per heavy atom. The number of piperidine rings is 3. The Hall–Kier alpha value is -3.60. The molecule has 5 amide bonds. The highest BCUT2D eigenvalue weighted by atomic mass is 16.2. The molecule has 0 aliphatic carbocycles. The van der Waals surface area contributed by atoms with E-state index in [1.54, 1.807) is 0 Å². The Morgan fingerprint density at radius 3 is 2.40 bits per heavy atom. The summed E-state index contributed by atoms with van der Waals surface area (Å²) in [6, 6.07) is -0.272. The standard InChI is InChI=1S/C34H52N8O3/c43-32(40-23-13-29(14-24-40)39-20-6-4-7-21-39)31(27-28-11-9-18-36-37-19-10-12-28)38-34(45)41-25-15-30(16-26-41)42-22-8-3-1-2-5-17-35-33(42)44/h1-3,5,9,11-12,19,29-31,36H,4,6-8,10,13-18,20-27H2,(H,35,44)(H,38,45)/b3-1-,5-2-,11-9?,28-12?,37-19-/t31-/m1/s1. The molecule has 3 saturated heterocycles. The molecule has 0 spiro atoms. The predicted molar refractivity (Wildman–Crippen MR) is 178 cm³/mol. The summed E-state index contributed by atoms with van der Waals surface area (Å²) < 4.78 is 0. The van der Waals surface area contributed by atoms with Crippen LogP contribution in [0.2, 0.25) is 0 Å². The lowest BCUT2D eigenvalue weighted by atomic mass is 9.98. The van der Waals surface area contributed by atoms with E-state index in [4.69, 9.17) is 0 Å². The lowest BCUT2D eigenvalue weighted by molar-refractivity contribution is -0.134. The first-order valence-corrected chi connectivity index (χ1v) is 17.1. The minimum Gasteiger partial charge on any atom is -0.341 e. The Bertz CT molecular complexity index is 1140. The summed E-state index contributed by atoms with van der Waals surface area (Å²) in [5, 5.41) is 10.3. The highest BCUT2D eigenvalue weighted by Gasteiger charge is 2.34. The van der Waals surface area contributed by atoms with E-state index in [0.29, 0.717) is 64.4 Å². The second-order valence-electron chi connectivity index (χ2n) is 12.7. The number of hydrazone groups is 1. The van der Waals surface area contributed by atoms with Crippen molar-refractivity contribution >= 4 is 24.2 Å².